The van der Waals surface area contributed by atoms with Crippen molar-refractivity contribution in [3.8, 4) is 11.5 Å². The van der Waals surface area contributed by atoms with Crippen LogP contribution in [0, 0.1) is 0 Å². The van der Waals surface area contributed by atoms with Crippen LogP contribution in [0.25, 0.3) is 0 Å². The van der Waals surface area contributed by atoms with E-state index in [4.69, 9.17) is 9.47 Å². The number of amides is 3. The number of nitrogens with one attached hydrogen (secondary N) is 2. The molecule has 0 saturated carbocycles. The molecule has 1 saturated heterocycles. The van der Waals surface area contributed by atoms with E-state index in [2.05, 4.69) is 10.6 Å². The number of carbonyl (C=O) groups excluding carboxylic acids is 2. The number of benzene rings is 1. The number of ether oxygens (including phenoxy) is 2. The van der Waals surface area contributed by atoms with Gasteiger partial charge in [0.1, 0.15) is 11.5 Å². The molecule has 2 rings (SSSR count). The summed E-state index contributed by atoms with van der Waals surface area (Å²) >= 11 is 0. The Morgan fingerprint density at radius 1 is 1.20 bits per heavy atom. The fraction of sp³-hybridized carbons (Fsp3) is 0.556. The van der Waals surface area contributed by atoms with Crippen molar-refractivity contribution in [2.75, 3.05) is 33.9 Å². The maximum Gasteiger partial charge on any atom is 0.317 e. The number of methoxy groups -OCH3 is 2. The molecule has 0 aromatic heterocycles. The highest BCUT2D eigenvalue weighted by Crippen LogP contribution is 2.38. The van der Waals surface area contributed by atoms with Crippen LogP contribution in [0.1, 0.15) is 37.8 Å². The lowest BCUT2D eigenvalue weighted by atomic mass is 10.0. The Morgan fingerprint density at radius 2 is 1.96 bits per heavy atom. The van der Waals surface area contributed by atoms with Crippen LogP contribution in [-0.2, 0) is 4.79 Å². The van der Waals surface area contributed by atoms with E-state index in [0.29, 0.717) is 19.5 Å². The highest BCUT2D eigenvalue weighted by Gasteiger charge is 2.31. The van der Waals surface area contributed by atoms with E-state index in [9.17, 15) is 9.59 Å². The van der Waals surface area contributed by atoms with E-state index in [1.165, 1.54) is 6.92 Å². The van der Waals surface area contributed by atoms with Gasteiger partial charge in [0, 0.05) is 38.2 Å². The largest absolute Gasteiger partial charge is 0.497 e. The first-order valence-electron chi connectivity index (χ1n) is 8.57. The molecule has 7 heteroatoms. The van der Waals surface area contributed by atoms with E-state index in [0.717, 1.165) is 36.4 Å². The fourth-order valence-corrected chi connectivity index (χ4v) is 3.08. The summed E-state index contributed by atoms with van der Waals surface area (Å²) in [5.41, 5.74) is 0.995. The maximum atomic E-state index is 12.5. The Labute approximate surface area is 148 Å². The molecule has 1 atom stereocenters. The van der Waals surface area contributed by atoms with Gasteiger partial charge >= 0.3 is 6.03 Å². The van der Waals surface area contributed by atoms with Crippen molar-refractivity contribution in [1.82, 2.24) is 15.5 Å². The van der Waals surface area contributed by atoms with Gasteiger partial charge in [0.2, 0.25) is 5.91 Å². The van der Waals surface area contributed by atoms with Crippen molar-refractivity contribution in [1.29, 1.82) is 0 Å². The minimum absolute atomic E-state index is 0.00352. The molecule has 1 fully saturated rings. The van der Waals surface area contributed by atoms with Crippen molar-refractivity contribution in [2.24, 2.45) is 0 Å². The first kappa shape index (κ1) is 18.9. The van der Waals surface area contributed by atoms with Crippen LogP contribution >= 0.6 is 0 Å². The number of urea groups is 1. The first-order chi connectivity index (χ1) is 12.1. The molecule has 0 spiro atoms. The summed E-state index contributed by atoms with van der Waals surface area (Å²) in [7, 11) is 3.24. The van der Waals surface area contributed by atoms with Crippen molar-refractivity contribution >= 4 is 11.9 Å². The molecule has 2 N–H and O–H groups in total. The van der Waals surface area contributed by atoms with Gasteiger partial charge < -0.3 is 25.0 Å². The molecule has 0 aliphatic carbocycles. The third-order valence-corrected chi connectivity index (χ3v) is 4.32. The summed E-state index contributed by atoms with van der Waals surface area (Å²) in [6.45, 7) is 3.29. The van der Waals surface area contributed by atoms with E-state index in [-0.39, 0.29) is 18.0 Å². The number of rotatable bonds is 7. The van der Waals surface area contributed by atoms with Gasteiger partial charge in [-0.2, -0.15) is 0 Å². The van der Waals surface area contributed by atoms with Crippen LogP contribution in [0.5, 0.6) is 11.5 Å². The molecule has 1 aromatic rings. The molecule has 0 bridgehead atoms. The Kier molecular flexibility index (Phi) is 6.91. The normalized spacial score (nSPS) is 16.4. The molecular weight excluding hydrogens is 322 g/mol. The molecule has 1 aliphatic rings. The highest BCUT2D eigenvalue weighted by atomic mass is 16.5. The number of hydrogen-bond acceptors (Lipinski definition) is 4. The van der Waals surface area contributed by atoms with Crippen LogP contribution in [0.4, 0.5) is 4.79 Å². The van der Waals surface area contributed by atoms with Gasteiger partial charge in [-0.15, -0.1) is 0 Å². The average Bonchev–Trinajstić information content (AvgIpc) is 3.09. The van der Waals surface area contributed by atoms with E-state index in [1.54, 1.807) is 14.2 Å². The van der Waals surface area contributed by atoms with Gasteiger partial charge in [-0.3, -0.25) is 4.79 Å². The molecule has 138 valence electrons. The second-order valence-electron chi connectivity index (χ2n) is 6.03. The second-order valence-corrected chi connectivity index (χ2v) is 6.03. The molecule has 1 unspecified atom stereocenters. The Balaban J connectivity index is 1.97. The third kappa shape index (κ3) is 5.01. The SMILES string of the molecule is COc1ccc(C2CCCN2C(=O)NCCCNC(C)=O)c(OC)c1. The zero-order valence-electron chi connectivity index (χ0n) is 15.1. The van der Waals surface area contributed by atoms with Crippen LogP contribution in [-0.4, -0.2) is 50.7 Å². The van der Waals surface area contributed by atoms with Crippen LogP contribution in [0.3, 0.4) is 0 Å². The predicted molar refractivity (Wildman–Crippen MR) is 94.9 cm³/mol. The topological polar surface area (TPSA) is 79.9 Å². The van der Waals surface area contributed by atoms with Gasteiger partial charge in [0.15, 0.2) is 0 Å². The van der Waals surface area contributed by atoms with E-state index in [1.807, 2.05) is 23.1 Å². The fourth-order valence-electron chi connectivity index (χ4n) is 3.08. The predicted octanol–water partition coefficient (Wildman–Crippen LogP) is 2.08. The number of likely N-dealkylation sites (tertiary alicyclic amines) is 1. The minimum Gasteiger partial charge on any atom is -0.497 e. The third-order valence-electron chi connectivity index (χ3n) is 4.32. The summed E-state index contributed by atoms with van der Waals surface area (Å²) in [4.78, 5) is 25.2. The molecule has 25 heavy (non-hydrogen) atoms. The van der Waals surface area contributed by atoms with E-state index < -0.39 is 0 Å². The summed E-state index contributed by atoms with van der Waals surface area (Å²) in [5.74, 6) is 1.40. The maximum absolute atomic E-state index is 12.5. The van der Waals surface area contributed by atoms with Gasteiger partial charge in [-0.25, -0.2) is 4.79 Å². The van der Waals surface area contributed by atoms with E-state index >= 15 is 0 Å². The van der Waals surface area contributed by atoms with Gasteiger partial charge in [-0.05, 0) is 31.4 Å². The zero-order valence-corrected chi connectivity index (χ0v) is 15.1. The molecule has 7 nitrogen and oxygen atoms in total. The van der Waals surface area contributed by atoms with Crippen LogP contribution in [0.2, 0.25) is 0 Å². The lowest BCUT2D eigenvalue weighted by Gasteiger charge is -2.26. The Hall–Kier alpha value is -2.44. The minimum atomic E-state index is -0.0804. The van der Waals surface area contributed by atoms with Gasteiger partial charge in [0.25, 0.3) is 0 Å². The van der Waals surface area contributed by atoms with Crippen LogP contribution < -0.4 is 20.1 Å². The van der Waals surface area contributed by atoms with Crippen LogP contribution in [0.15, 0.2) is 18.2 Å². The summed E-state index contributed by atoms with van der Waals surface area (Å²) in [5, 5.41) is 5.65. The standard InChI is InChI=1S/C18H27N3O4/c1-13(22)19-9-5-10-20-18(23)21-11-4-6-16(21)15-8-7-14(24-2)12-17(15)25-3/h7-8,12,16H,4-6,9-11H2,1-3H3,(H,19,22)(H,20,23). The Bertz CT molecular complexity index is 606. The van der Waals surface area contributed by atoms with Crippen molar-refractivity contribution < 1.29 is 19.1 Å². The molecule has 3 amide bonds. The second kappa shape index (κ2) is 9.15. The van der Waals surface area contributed by atoms with Gasteiger partial charge in [-0.1, -0.05) is 0 Å². The lowest BCUT2D eigenvalue weighted by molar-refractivity contribution is -0.118. The number of carbonyl (C=O) groups is 2. The summed E-state index contributed by atoms with van der Waals surface area (Å²) < 4.78 is 10.7. The molecule has 1 aliphatic heterocycles. The average molecular weight is 349 g/mol. The molecular formula is C18H27N3O4. The van der Waals surface area contributed by atoms with Crippen molar-refractivity contribution in [3.05, 3.63) is 23.8 Å². The molecule has 1 aromatic carbocycles. The molecule has 0 radical (unpaired) electrons. The quantitative estimate of drug-likeness (QED) is 0.739. The zero-order chi connectivity index (χ0) is 18.2. The van der Waals surface area contributed by atoms with Crippen molar-refractivity contribution in [3.63, 3.8) is 0 Å². The first-order valence-corrected chi connectivity index (χ1v) is 8.57. The lowest BCUT2D eigenvalue weighted by Crippen LogP contribution is -2.40. The monoisotopic (exact) mass is 349 g/mol. The Morgan fingerprint density at radius 3 is 2.64 bits per heavy atom. The van der Waals surface area contributed by atoms with Gasteiger partial charge in [0.05, 0.1) is 20.3 Å². The highest BCUT2D eigenvalue weighted by molar-refractivity contribution is 5.75. The summed E-state index contributed by atoms with van der Waals surface area (Å²) in [6, 6.07) is 5.61. The molecule has 1 heterocycles. The number of hydrogen-bond donors (Lipinski definition) is 2. The van der Waals surface area contributed by atoms with Crippen molar-refractivity contribution in [2.45, 2.75) is 32.2 Å². The smallest absolute Gasteiger partial charge is 0.317 e. The summed E-state index contributed by atoms with van der Waals surface area (Å²) in [6.07, 6.45) is 2.57. The number of nitrogens with zero attached hydrogens (tertiary/aromatic N) is 1.